The molecule has 2 aromatic carbocycles. The number of para-hydroxylation sites is 1. The van der Waals surface area contributed by atoms with Crippen molar-refractivity contribution in [2.24, 2.45) is 5.73 Å². The molecule has 0 saturated carbocycles. The Morgan fingerprint density at radius 1 is 1.11 bits per heavy atom. The van der Waals surface area contributed by atoms with E-state index in [1.807, 2.05) is 0 Å². The van der Waals surface area contributed by atoms with Gasteiger partial charge in [0.25, 0.3) is 0 Å². The standard InChI is InChI=1S/C19H15N3O5/c1-25-18(23)13-7-11-8-15-16(27-10-26-15)9-14(11)21-17(13)22(19(20)24)12-5-3-2-4-6-12/h2-9H,10H2,1H3,(H2,20,24). The van der Waals surface area contributed by atoms with Gasteiger partial charge in [-0.05, 0) is 24.3 Å². The number of amides is 2. The van der Waals surface area contributed by atoms with E-state index in [-0.39, 0.29) is 18.2 Å². The predicted octanol–water partition coefficient (Wildman–Crippen LogP) is 2.97. The van der Waals surface area contributed by atoms with Gasteiger partial charge in [0.2, 0.25) is 6.79 Å². The maximum Gasteiger partial charge on any atom is 0.341 e. The molecule has 0 fully saturated rings. The lowest BCUT2D eigenvalue weighted by molar-refractivity contribution is 0.0601. The second-order valence-corrected chi connectivity index (χ2v) is 5.76. The second-order valence-electron chi connectivity index (χ2n) is 5.76. The lowest BCUT2D eigenvalue weighted by Gasteiger charge is -2.22. The normalized spacial score (nSPS) is 12.0. The van der Waals surface area contributed by atoms with Gasteiger partial charge in [0, 0.05) is 11.5 Å². The van der Waals surface area contributed by atoms with Gasteiger partial charge in [-0.2, -0.15) is 0 Å². The van der Waals surface area contributed by atoms with E-state index in [0.717, 1.165) is 4.90 Å². The van der Waals surface area contributed by atoms with Crippen LogP contribution in [0.5, 0.6) is 11.5 Å². The highest BCUT2D eigenvalue weighted by Gasteiger charge is 2.26. The smallest absolute Gasteiger partial charge is 0.341 e. The fourth-order valence-corrected chi connectivity index (χ4v) is 2.92. The van der Waals surface area contributed by atoms with E-state index in [0.29, 0.717) is 28.1 Å². The minimum atomic E-state index is -0.779. The van der Waals surface area contributed by atoms with E-state index < -0.39 is 12.0 Å². The number of rotatable bonds is 3. The summed E-state index contributed by atoms with van der Waals surface area (Å²) in [5, 5.41) is 0.640. The molecule has 2 N–H and O–H groups in total. The summed E-state index contributed by atoms with van der Waals surface area (Å²) in [5.41, 5.74) is 6.69. The number of aromatic nitrogens is 1. The number of ether oxygens (including phenoxy) is 3. The van der Waals surface area contributed by atoms with E-state index >= 15 is 0 Å². The summed E-state index contributed by atoms with van der Waals surface area (Å²) in [7, 11) is 1.26. The van der Waals surface area contributed by atoms with Gasteiger partial charge in [0.15, 0.2) is 17.3 Å². The van der Waals surface area contributed by atoms with Gasteiger partial charge in [0.1, 0.15) is 5.56 Å². The van der Waals surface area contributed by atoms with Crippen LogP contribution in [0.2, 0.25) is 0 Å². The SMILES string of the molecule is COC(=O)c1cc2cc3c(cc2nc1N(C(N)=O)c1ccccc1)OCO3. The second kappa shape index (κ2) is 6.49. The number of hydrogen-bond acceptors (Lipinski definition) is 6. The molecule has 4 rings (SSSR count). The van der Waals surface area contributed by atoms with Crippen molar-refractivity contribution >= 4 is 34.4 Å². The molecule has 1 aliphatic rings. The Labute approximate surface area is 154 Å². The maximum absolute atomic E-state index is 12.4. The third-order valence-corrected chi connectivity index (χ3v) is 4.14. The minimum Gasteiger partial charge on any atom is -0.465 e. The summed E-state index contributed by atoms with van der Waals surface area (Å²) in [5.74, 6) is 0.533. The molecule has 8 heteroatoms. The molecule has 0 saturated heterocycles. The van der Waals surface area contributed by atoms with Crippen LogP contribution in [0, 0.1) is 0 Å². The average Bonchev–Trinajstić information content (AvgIpc) is 3.13. The Hall–Kier alpha value is -3.81. The van der Waals surface area contributed by atoms with E-state index in [9.17, 15) is 9.59 Å². The first kappa shape index (κ1) is 16.6. The fraction of sp³-hybridized carbons (Fsp3) is 0.105. The number of primary amides is 1. The topological polar surface area (TPSA) is 104 Å². The number of nitrogens with two attached hydrogens (primary N) is 1. The molecule has 0 spiro atoms. The van der Waals surface area contributed by atoms with Gasteiger partial charge >= 0.3 is 12.0 Å². The van der Waals surface area contributed by atoms with Gasteiger partial charge in [-0.15, -0.1) is 0 Å². The number of benzene rings is 2. The van der Waals surface area contributed by atoms with E-state index in [1.54, 1.807) is 48.5 Å². The van der Waals surface area contributed by atoms with Crippen LogP contribution in [0.25, 0.3) is 10.9 Å². The van der Waals surface area contributed by atoms with Crippen LogP contribution in [0.15, 0.2) is 48.5 Å². The number of carbonyl (C=O) groups excluding carboxylic acids is 2. The van der Waals surface area contributed by atoms with Crippen LogP contribution in [0.4, 0.5) is 16.3 Å². The summed E-state index contributed by atoms with van der Waals surface area (Å²) in [6.45, 7) is 0.111. The Morgan fingerprint density at radius 2 is 1.81 bits per heavy atom. The van der Waals surface area contributed by atoms with Crippen molar-refractivity contribution in [2.45, 2.75) is 0 Å². The van der Waals surface area contributed by atoms with Gasteiger partial charge in [-0.25, -0.2) is 19.5 Å². The van der Waals surface area contributed by atoms with E-state index in [2.05, 4.69) is 4.98 Å². The highest BCUT2D eigenvalue weighted by molar-refractivity contribution is 6.07. The Balaban J connectivity index is 1.97. The molecule has 3 aromatic rings. The van der Waals surface area contributed by atoms with E-state index in [4.69, 9.17) is 19.9 Å². The predicted molar refractivity (Wildman–Crippen MR) is 97.4 cm³/mol. The van der Waals surface area contributed by atoms with Gasteiger partial charge < -0.3 is 19.9 Å². The van der Waals surface area contributed by atoms with Crippen molar-refractivity contribution in [3.05, 3.63) is 54.1 Å². The molecule has 0 aliphatic carbocycles. The molecular weight excluding hydrogens is 350 g/mol. The Morgan fingerprint density at radius 3 is 2.48 bits per heavy atom. The molecular formula is C19H15N3O5. The number of nitrogens with zero attached hydrogens (tertiary/aromatic N) is 2. The molecule has 8 nitrogen and oxygen atoms in total. The third-order valence-electron chi connectivity index (χ3n) is 4.14. The van der Waals surface area contributed by atoms with Crippen LogP contribution in [-0.4, -0.2) is 30.9 Å². The van der Waals surface area contributed by atoms with Crippen LogP contribution in [-0.2, 0) is 4.74 Å². The lowest BCUT2D eigenvalue weighted by atomic mass is 10.1. The first-order valence-electron chi connectivity index (χ1n) is 8.06. The number of methoxy groups -OCH3 is 1. The lowest BCUT2D eigenvalue weighted by Crippen LogP contribution is -2.33. The summed E-state index contributed by atoms with van der Waals surface area (Å²) in [6, 6.07) is 12.9. The number of anilines is 2. The largest absolute Gasteiger partial charge is 0.465 e. The number of hydrogen-bond donors (Lipinski definition) is 1. The van der Waals surface area contributed by atoms with Crippen molar-refractivity contribution in [1.82, 2.24) is 4.98 Å². The number of esters is 1. The zero-order valence-corrected chi connectivity index (χ0v) is 14.3. The van der Waals surface area contributed by atoms with Gasteiger partial charge in [0.05, 0.1) is 18.3 Å². The molecule has 2 heterocycles. The van der Waals surface area contributed by atoms with Crippen LogP contribution < -0.4 is 20.1 Å². The molecule has 2 amide bonds. The van der Waals surface area contributed by atoms with Crippen LogP contribution in [0.3, 0.4) is 0 Å². The zero-order valence-electron chi connectivity index (χ0n) is 14.3. The summed E-state index contributed by atoms with van der Waals surface area (Å²) in [4.78, 5) is 30.2. The van der Waals surface area contributed by atoms with Crippen LogP contribution >= 0.6 is 0 Å². The molecule has 136 valence electrons. The zero-order chi connectivity index (χ0) is 19.0. The van der Waals surface area contributed by atoms with Crippen molar-refractivity contribution in [1.29, 1.82) is 0 Å². The summed E-state index contributed by atoms with van der Waals surface area (Å²) >= 11 is 0. The van der Waals surface area contributed by atoms with Crippen molar-refractivity contribution in [3.8, 4) is 11.5 Å². The molecule has 0 atom stereocenters. The van der Waals surface area contributed by atoms with E-state index in [1.165, 1.54) is 7.11 Å². The quantitative estimate of drug-likeness (QED) is 0.716. The first-order valence-corrected chi connectivity index (χ1v) is 8.06. The first-order chi connectivity index (χ1) is 13.1. The highest BCUT2D eigenvalue weighted by Crippen LogP contribution is 2.38. The van der Waals surface area contributed by atoms with Crippen molar-refractivity contribution < 1.29 is 23.8 Å². The van der Waals surface area contributed by atoms with Crippen molar-refractivity contribution in [2.75, 3.05) is 18.8 Å². The highest BCUT2D eigenvalue weighted by atomic mass is 16.7. The average molecular weight is 365 g/mol. The molecule has 1 aliphatic heterocycles. The molecule has 0 bridgehead atoms. The monoisotopic (exact) mass is 365 g/mol. The van der Waals surface area contributed by atoms with Crippen LogP contribution in [0.1, 0.15) is 10.4 Å². The number of urea groups is 1. The van der Waals surface area contributed by atoms with Gasteiger partial charge in [-0.1, -0.05) is 18.2 Å². The number of pyridine rings is 1. The Bertz CT molecular complexity index is 1050. The molecule has 0 unspecified atom stereocenters. The molecule has 27 heavy (non-hydrogen) atoms. The molecule has 1 aromatic heterocycles. The fourth-order valence-electron chi connectivity index (χ4n) is 2.92. The summed E-state index contributed by atoms with van der Waals surface area (Å²) < 4.78 is 15.6. The third kappa shape index (κ3) is 2.86. The minimum absolute atomic E-state index is 0.0758. The van der Waals surface area contributed by atoms with Gasteiger partial charge in [-0.3, -0.25) is 0 Å². The summed E-state index contributed by atoms with van der Waals surface area (Å²) in [6.07, 6.45) is 0. The number of fused-ring (bicyclic) bond motifs is 2. The Kier molecular flexibility index (Phi) is 4.00. The maximum atomic E-state index is 12.4. The number of carbonyl (C=O) groups is 2. The molecule has 0 radical (unpaired) electrons. The van der Waals surface area contributed by atoms with Crippen molar-refractivity contribution in [3.63, 3.8) is 0 Å².